The van der Waals surface area contributed by atoms with E-state index in [1.807, 2.05) is 6.92 Å². The average molecular weight is 211 g/mol. The van der Waals surface area contributed by atoms with Crippen molar-refractivity contribution in [1.82, 2.24) is 9.78 Å². The third-order valence-electron chi connectivity index (χ3n) is 1.90. The van der Waals surface area contributed by atoms with E-state index in [0.29, 0.717) is 25.4 Å². The van der Waals surface area contributed by atoms with Gasteiger partial charge in [-0.1, -0.05) is 6.92 Å². The van der Waals surface area contributed by atoms with Gasteiger partial charge in [0, 0.05) is 12.6 Å². The Bertz CT molecular complexity index is 349. The molecule has 0 saturated heterocycles. The van der Waals surface area contributed by atoms with E-state index in [9.17, 15) is 4.79 Å². The van der Waals surface area contributed by atoms with E-state index in [0.717, 1.165) is 12.8 Å². The van der Waals surface area contributed by atoms with E-state index in [4.69, 9.17) is 10.5 Å². The molecule has 15 heavy (non-hydrogen) atoms. The second-order valence-corrected chi connectivity index (χ2v) is 3.24. The van der Waals surface area contributed by atoms with Crippen LogP contribution in [0.1, 0.15) is 19.8 Å². The number of hydrogen-bond acceptors (Lipinski definition) is 4. The molecule has 0 aliphatic carbocycles. The third-order valence-corrected chi connectivity index (χ3v) is 1.90. The lowest BCUT2D eigenvalue weighted by molar-refractivity contribution is 0.309. The van der Waals surface area contributed by atoms with Crippen molar-refractivity contribution in [1.29, 1.82) is 0 Å². The van der Waals surface area contributed by atoms with Gasteiger partial charge in [-0.05, 0) is 19.4 Å². The zero-order valence-electron chi connectivity index (χ0n) is 8.98. The first-order valence-corrected chi connectivity index (χ1v) is 5.18. The van der Waals surface area contributed by atoms with Crippen LogP contribution in [0.3, 0.4) is 0 Å². The molecular formula is C10H17N3O2. The van der Waals surface area contributed by atoms with Gasteiger partial charge in [0.05, 0.1) is 12.8 Å². The number of nitrogens with two attached hydrogens (primary N) is 1. The Kier molecular flexibility index (Phi) is 4.83. The summed E-state index contributed by atoms with van der Waals surface area (Å²) in [5.41, 5.74) is 5.20. The normalized spacial score (nSPS) is 10.3. The molecule has 0 fully saturated rings. The summed E-state index contributed by atoms with van der Waals surface area (Å²) >= 11 is 0. The van der Waals surface area contributed by atoms with Crippen LogP contribution in [-0.2, 0) is 6.54 Å². The molecule has 0 bridgehead atoms. The number of ether oxygens (including phenoxy) is 1. The Hall–Kier alpha value is -1.36. The summed E-state index contributed by atoms with van der Waals surface area (Å²) in [6, 6.07) is 1.46. The minimum absolute atomic E-state index is 0.123. The zero-order valence-corrected chi connectivity index (χ0v) is 8.98. The van der Waals surface area contributed by atoms with E-state index < -0.39 is 0 Å². The van der Waals surface area contributed by atoms with Gasteiger partial charge in [-0.15, -0.1) is 0 Å². The van der Waals surface area contributed by atoms with Crippen molar-refractivity contribution in [3.63, 3.8) is 0 Å². The molecule has 0 saturated carbocycles. The maximum Gasteiger partial charge on any atom is 0.270 e. The van der Waals surface area contributed by atoms with Gasteiger partial charge >= 0.3 is 0 Å². The maximum atomic E-state index is 11.5. The van der Waals surface area contributed by atoms with Crippen LogP contribution in [0, 0.1) is 0 Å². The molecule has 1 aromatic heterocycles. The molecule has 0 amide bonds. The second kappa shape index (κ2) is 6.19. The molecule has 0 unspecified atom stereocenters. The number of aromatic nitrogens is 2. The lowest BCUT2D eigenvalue weighted by Crippen LogP contribution is -2.22. The highest BCUT2D eigenvalue weighted by Crippen LogP contribution is 2.03. The van der Waals surface area contributed by atoms with Gasteiger partial charge in [-0.25, -0.2) is 4.68 Å². The van der Waals surface area contributed by atoms with Crippen LogP contribution in [-0.4, -0.2) is 22.9 Å². The Morgan fingerprint density at radius 1 is 1.60 bits per heavy atom. The molecule has 0 aromatic carbocycles. The highest BCUT2D eigenvalue weighted by atomic mass is 16.5. The smallest absolute Gasteiger partial charge is 0.270 e. The lowest BCUT2D eigenvalue weighted by Gasteiger charge is -2.06. The summed E-state index contributed by atoms with van der Waals surface area (Å²) in [4.78, 5) is 11.5. The van der Waals surface area contributed by atoms with E-state index >= 15 is 0 Å². The van der Waals surface area contributed by atoms with Gasteiger partial charge < -0.3 is 10.5 Å². The lowest BCUT2D eigenvalue weighted by atomic mass is 10.4. The fraction of sp³-hybridized carbons (Fsp3) is 0.600. The first-order valence-electron chi connectivity index (χ1n) is 5.18. The van der Waals surface area contributed by atoms with Gasteiger partial charge in [-0.3, -0.25) is 4.79 Å². The van der Waals surface area contributed by atoms with E-state index in [-0.39, 0.29) is 5.56 Å². The van der Waals surface area contributed by atoms with Crippen LogP contribution in [0.4, 0.5) is 0 Å². The molecule has 2 N–H and O–H groups in total. The fourth-order valence-electron chi connectivity index (χ4n) is 1.15. The quantitative estimate of drug-likeness (QED) is 0.691. The molecule has 0 aliphatic rings. The van der Waals surface area contributed by atoms with Gasteiger partial charge in [0.15, 0.2) is 0 Å². The molecule has 5 nitrogen and oxygen atoms in total. The third kappa shape index (κ3) is 3.71. The fourth-order valence-corrected chi connectivity index (χ4v) is 1.15. The molecule has 1 rings (SSSR count). The van der Waals surface area contributed by atoms with Crippen LogP contribution in [0.5, 0.6) is 5.75 Å². The predicted octanol–water partition coefficient (Wildman–Crippen LogP) is 0.381. The first kappa shape index (κ1) is 11.7. The Balaban J connectivity index is 2.61. The van der Waals surface area contributed by atoms with Crippen LogP contribution in [0.25, 0.3) is 0 Å². The SMILES string of the molecule is CCCn1ncc(OCCCN)cc1=O. The van der Waals surface area contributed by atoms with Gasteiger partial charge in [0.25, 0.3) is 5.56 Å². The van der Waals surface area contributed by atoms with Crippen molar-refractivity contribution in [2.24, 2.45) is 5.73 Å². The van der Waals surface area contributed by atoms with E-state index in [1.54, 1.807) is 6.20 Å². The topological polar surface area (TPSA) is 70.1 Å². The Morgan fingerprint density at radius 3 is 3.00 bits per heavy atom. The van der Waals surface area contributed by atoms with Crippen molar-refractivity contribution >= 4 is 0 Å². The number of nitrogens with zero attached hydrogens (tertiary/aromatic N) is 2. The highest BCUT2D eigenvalue weighted by Gasteiger charge is 1.99. The molecule has 0 atom stereocenters. The number of aryl methyl sites for hydroxylation is 1. The Labute approximate surface area is 88.9 Å². The molecule has 1 aromatic rings. The largest absolute Gasteiger partial charge is 0.492 e. The minimum atomic E-state index is -0.123. The summed E-state index contributed by atoms with van der Waals surface area (Å²) in [5.74, 6) is 0.515. The standard InChI is InChI=1S/C10H17N3O2/c1-2-5-13-10(14)7-9(8-12-13)15-6-3-4-11/h7-8H,2-6,11H2,1H3. The van der Waals surface area contributed by atoms with Crippen molar-refractivity contribution < 1.29 is 4.74 Å². The zero-order chi connectivity index (χ0) is 11.1. The average Bonchev–Trinajstić information content (AvgIpc) is 2.23. The summed E-state index contributed by atoms with van der Waals surface area (Å²) in [6.07, 6.45) is 3.23. The number of rotatable bonds is 6. The maximum absolute atomic E-state index is 11.5. The number of hydrogen-bond donors (Lipinski definition) is 1. The highest BCUT2D eigenvalue weighted by molar-refractivity contribution is 5.13. The van der Waals surface area contributed by atoms with E-state index in [1.165, 1.54) is 10.7 Å². The van der Waals surface area contributed by atoms with Gasteiger partial charge in [-0.2, -0.15) is 5.10 Å². The van der Waals surface area contributed by atoms with Crippen molar-refractivity contribution in [3.8, 4) is 5.75 Å². The van der Waals surface area contributed by atoms with Gasteiger partial charge in [0.2, 0.25) is 0 Å². The second-order valence-electron chi connectivity index (χ2n) is 3.24. The molecule has 0 aliphatic heterocycles. The molecular weight excluding hydrogens is 194 g/mol. The first-order chi connectivity index (χ1) is 7.27. The molecule has 0 radical (unpaired) electrons. The monoisotopic (exact) mass is 211 g/mol. The molecule has 5 heteroatoms. The Morgan fingerprint density at radius 2 is 2.40 bits per heavy atom. The van der Waals surface area contributed by atoms with Crippen LogP contribution >= 0.6 is 0 Å². The van der Waals surface area contributed by atoms with Crippen molar-refractivity contribution in [3.05, 3.63) is 22.6 Å². The molecule has 84 valence electrons. The summed E-state index contributed by atoms with van der Waals surface area (Å²) in [5, 5.41) is 3.99. The molecule has 0 spiro atoms. The van der Waals surface area contributed by atoms with Crippen molar-refractivity contribution in [2.75, 3.05) is 13.2 Å². The van der Waals surface area contributed by atoms with Crippen LogP contribution < -0.4 is 16.0 Å². The molecule has 1 heterocycles. The van der Waals surface area contributed by atoms with Gasteiger partial charge in [0.1, 0.15) is 5.75 Å². The summed E-state index contributed by atoms with van der Waals surface area (Å²) in [7, 11) is 0. The summed E-state index contributed by atoms with van der Waals surface area (Å²) < 4.78 is 6.73. The predicted molar refractivity (Wildman–Crippen MR) is 58.0 cm³/mol. The van der Waals surface area contributed by atoms with Crippen molar-refractivity contribution in [2.45, 2.75) is 26.3 Å². The van der Waals surface area contributed by atoms with Crippen LogP contribution in [0.15, 0.2) is 17.1 Å². The minimum Gasteiger partial charge on any atom is -0.492 e. The summed E-state index contributed by atoms with van der Waals surface area (Å²) in [6.45, 7) is 3.75. The van der Waals surface area contributed by atoms with Crippen LogP contribution in [0.2, 0.25) is 0 Å². The van der Waals surface area contributed by atoms with E-state index in [2.05, 4.69) is 5.10 Å².